The Morgan fingerprint density at radius 2 is 1.97 bits per heavy atom. The number of rotatable bonds is 5. The molecule has 0 saturated heterocycles. The van der Waals surface area contributed by atoms with Crippen LogP contribution in [0.4, 0.5) is 10.2 Å². The average molecular weight is 423 g/mol. The molecule has 4 rings (SSSR count). The van der Waals surface area contributed by atoms with Gasteiger partial charge in [0.1, 0.15) is 23.7 Å². The van der Waals surface area contributed by atoms with Crippen molar-refractivity contribution < 1.29 is 14.0 Å². The van der Waals surface area contributed by atoms with E-state index < -0.39 is 12.1 Å². The van der Waals surface area contributed by atoms with Crippen LogP contribution in [-0.2, 0) is 16.0 Å². The van der Waals surface area contributed by atoms with Crippen LogP contribution < -0.4 is 21.7 Å². The lowest BCUT2D eigenvalue weighted by Gasteiger charge is -2.24. The molecule has 1 aromatic carbocycles. The van der Waals surface area contributed by atoms with E-state index in [1.807, 2.05) is 12.1 Å². The summed E-state index contributed by atoms with van der Waals surface area (Å²) in [5.41, 5.74) is 9.48. The number of carbonyl (C=O) groups is 2. The number of amides is 2. The van der Waals surface area contributed by atoms with E-state index in [0.29, 0.717) is 12.4 Å². The number of hydrogen-bond donors (Lipinski definition) is 4. The van der Waals surface area contributed by atoms with Crippen LogP contribution in [0, 0.1) is 5.82 Å². The summed E-state index contributed by atoms with van der Waals surface area (Å²) in [6, 6.07) is 8.48. The number of carbonyl (C=O) groups excluding carboxylic acids is 2. The van der Waals surface area contributed by atoms with Crippen molar-refractivity contribution in [1.29, 1.82) is 0 Å². The molecule has 3 atom stereocenters. The van der Waals surface area contributed by atoms with Crippen LogP contribution in [0.2, 0.25) is 0 Å². The predicted molar refractivity (Wildman–Crippen MR) is 116 cm³/mol. The second kappa shape index (κ2) is 8.85. The number of benzene rings is 1. The van der Waals surface area contributed by atoms with E-state index in [0.717, 1.165) is 41.7 Å². The number of anilines is 1. The quantitative estimate of drug-likeness (QED) is 0.587. The third-order valence-corrected chi connectivity index (χ3v) is 5.77. The maximum absolute atomic E-state index is 13.2. The van der Waals surface area contributed by atoms with E-state index in [2.05, 4.69) is 20.9 Å². The number of aryl methyl sites for hydroxylation is 1. The molecule has 5 N–H and O–H groups in total. The molecule has 2 aromatic rings. The van der Waals surface area contributed by atoms with E-state index in [4.69, 9.17) is 5.73 Å². The molecule has 2 aliphatic rings. The molecule has 2 heterocycles. The number of nitrogen functional groups attached to an aromatic ring is 1. The Labute approximate surface area is 180 Å². The minimum atomic E-state index is -0.690. The summed E-state index contributed by atoms with van der Waals surface area (Å²) in [4.78, 5) is 29.7. The van der Waals surface area contributed by atoms with Gasteiger partial charge in [0.2, 0.25) is 11.8 Å². The van der Waals surface area contributed by atoms with E-state index in [1.54, 1.807) is 25.1 Å². The SMILES string of the molecule is C[C@H](NC(=O)[C@@H]1C=C(c2ccc(F)cc2)CCN1)C(=O)N[C@@H]1CCc2nc(N)ccc21. The summed E-state index contributed by atoms with van der Waals surface area (Å²) >= 11 is 0. The zero-order valence-corrected chi connectivity index (χ0v) is 17.3. The highest BCUT2D eigenvalue weighted by Crippen LogP contribution is 2.30. The predicted octanol–water partition coefficient (Wildman–Crippen LogP) is 1.86. The van der Waals surface area contributed by atoms with Gasteiger partial charge in [0.05, 0.1) is 6.04 Å². The smallest absolute Gasteiger partial charge is 0.242 e. The first-order chi connectivity index (χ1) is 14.9. The molecule has 0 spiro atoms. The molecule has 0 unspecified atom stereocenters. The molecule has 7 nitrogen and oxygen atoms in total. The lowest BCUT2D eigenvalue weighted by atomic mass is 9.96. The van der Waals surface area contributed by atoms with Gasteiger partial charge in [0.25, 0.3) is 0 Å². The molecule has 2 amide bonds. The number of nitrogens with zero attached hydrogens (tertiary/aromatic N) is 1. The largest absolute Gasteiger partial charge is 0.384 e. The second-order valence-electron chi connectivity index (χ2n) is 7.98. The van der Waals surface area contributed by atoms with Crippen LogP contribution in [-0.4, -0.2) is 35.4 Å². The highest BCUT2D eigenvalue weighted by molar-refractivity contribution is 5.92. The topological polar surface area (TPSA) is 109 Å². The summed E-state index contributed by atoms with van der Waals surface area (Å²) in [5.74, 6) is -0.347. The molecule has 0 saturated carbocycles. The standard InChI is InChI=1S/C23H26FN5O2/c1-13(22(30)29-19-8-7-18-17(19)6-9-21(25)28-18)27-23(31)20-12-15(10-11-26-20)14-2-4-16(24)5-3-14/h2-6,9,12-13,19-20,26H,7-8,10-11H2,1H3,(H2,25,28)(H,27,31)(H,29,30)/t13-,19+,20-/m0/s1. The number of hydrogen-bond acceptors (Lipinski definition) is 5. The highest BCUT2D eigenvalue weighted by atomic mass is 19.1. The summed E-state index contributed by atoms with van der Waals surface area (Å²) in [6.45, 7) is 2.29. The Balaban J connectivity index is 1.36. The van der Waals surface area contributed by atoms with E-state index >= 15 is 0 Å². The van der Waals surface area contributed by atoms with E-state index in [9.17, 15) is 14.0 Å². The molecular formula is C23H26FN5O2. The van der Waals surface area contributed by atoms with Gasteiger partial charge in [-0.15, -0.1) is 0 Å². The van der Waals surface area contributed by atoms with Crippen LogP contribution in [0.1, 0.15) is 42.6 Å². The lowest BCUT2D eigenvalue weighted by Crippen LogP contribution is -2.52. The molecule has 0 fully saturated rings. The number of aromatic nitrogens is 1. The van der Waals surface area contributed by atoms with Crippen molar-refractivity contribution in [2.45, 2.75) is 44.3 Å². The van der Waals surface area contributed by atoms with Crippen LogP contribution in [0.15, 0.2) is 42.5 Å². The minimum absolute atomic E-state index is 0.132. The average Bonchev–Trinajstić information content (AvgIpc) is 3.15. The number of nitrogens with one attached hydrogen (secondary N) is 3. The Morgan fingerprint density at radius 1 is 1.19 bits per heavy atom. The summed E-state index contributed by atoms with van der Waals surface area (Å²) in [7, 11) is 0. The third kappa shape index (κ3) is 4.74. The Kier molecular flexibility index (Phi) is 5.99. The zero-order valence-electron chi connectivity index (χ0n) is 17.3. The first-order valence-corrected chi connectivity index (χ1v) is 10.5. The van der Waals surface area contributed by atoms with Gasteiger partial charge < -0.3 is 21.7 Å². The van der Waals surface area contributed by atoms with Crippen LogP contribution in [0.25, 0.3) is 5.57 Å². The van der Waals surface area contributed by atoms with Gasteiger partial charge >= 0.3 is 0 Å². The van der Waals surface area contributed by atoms with Gasteiger partial charge in [-0.1, -0.05) is 24.3 Å². The van der Waals surface area contributed by atoms with Gasteiger partial charge in [-0.3, -0.25) is 9.59 Å². The van der Waals surface area contributed by atoms with E-state index in [-0.39, 0.29) is 23.7 Å². The molecular weight excluding hydrogens is 397 g/mol. The number of pyridine rings is 1. The van der Waals surface area contributed by atoms with Crippen molar-refractivity contribution >= 4 is 23.2 Å². The first-order valence-electron chi connectivity index (χ1n) is 10.5. The van der Waals surface area contributed by atoms with E-state index in [1.165, 1.54) is 12.1 Å². The molecule has 31 heavy (non-hydrogen) atoms. The van der Waals surface area contributed by atoms with Crippen molar-refractivity contribution in [3.63, 3.8) is 0 Å². The van der Waals surface area contributed by atoms with Gasteiger partial charge in [-0.25, -0.2) is 9.37 Å². The fourth-order valence-electron chi connectivity index (χ4n) is 4.08. The monoisotopic (exact) mass is 423 g/mol. The fraction of sp³-hybridized carbons (Fsp3) is 0.348. The molecule has 1 aromatic heterocycles. The highest BCUT2D eigenvalue weighted by Gasteiger charge is 2.28. The lowest BCUT2D eigenvalue weighted by molar-refractivity contribution is -0.129. The van der Waals surface area contributed by atoms with Crippen molar-refractivity contribution in [1.82, 2.24) is 20.9 Å². The van der Waals surface area contributed by atoms with Crippen molar-refractivity contribution in [3.8, 4) is 0 Å². The molecule has 0 radical (unpaired) electrons. The number of halogens is 1. The van der Waals surface area contributed by atoms with Crippen LogP contribution >= 0.6 is 0 Å². The summed E-state index contributed by atoms with van der Waals surface area (Å²) < 4.78 is 13.2. The van der Waals surface area contributed by atoms with Gasteiger partial charge in [0, 0.05) is 12.2 Å². The summed E-state index contributed by atoms with van der Waals surface area (Å²) in [5, 5.41) is 8.93. The minimum Gasteiger partial charge on any atom is -0.384 e. The molecule has 1 aliphatic carbocycles. The van der Waals surface area contributed by atoms with Gasteiger partial charge in [0.15, 0.2) is 0 Å². The third-order valence-electron chi connectivity index (χ3n) is 5.77. The normalized spacial score (nSPS) is 21.0. The zero-order chi connectivity index (χ0) is 22.0. The molecule has 162 valence electrons. The second-order valence-corrected chi connectivity index (χ2v) is 7.98. The van der Waals surface area contributed by atoms with Crippen molar-refractivity contribution in [2.75, 3.05) is 12.3 Å². The van der Waals surface area contributed by atoms with Crippen LogP contribution in [0.5, 0.6) is 0 Å². The fourth-order valence-corrected chi connectivity index (χ4v) is 4.08. The van der Waals surface area contributed by atoms with Crippen molar-refractivity contribution in [3.05, 3.63) is 65.1 Å². The first kappa shape index (κ1) is 21.0. The Morgan fingerprint density at radius 3 is 2.74 bits per heavy atom. The van der Waals surface area contributed by atoms with Gasteiger partial charge in [-0.05, 0) is 61.1 Å². The molecule has 8 heteroatoms. The maximum atomic E-state index is 13.2. The Hall–Kier alpha value is -3.26. The summed E-state index contributed by atoms with van der Waals surface area (Å²) in [6.07, 6.45) is 4.09. The maximum Gasteiger partial charge on any atom is 0.242 e. The molecule has 1 aliphatic heterocycles. The van der Waals surface area contributed by atoms with Crippen LogP contribution in [0.3, 0.4) is 0 Å². The number of fused-ring (bicyclic) bond motifs is 1. The Bertz CT molecular complexity index is 1020. The van der Waals surface area contributed by atoms with Crippen molar-refractivity contribution in [2.24, 2.45) is 0 Å². The number of nitrogens with two attached hydrogens (primary N) is 1. The molecule has 0 bridgehead atoms. The van der Waals surface area contributed by atoms with Gasteiger partial charge in [-0.2, -0.15) is 0 Å².